The van der Waals surface area contributed by atoms with E-state index in [0.717, 1.165) is 42.9 Å². The monoisotopic (exact) mass is 513 g/mol. The van der Waals surface area contributed by atoms with Crippen molar-refractivity contribution in [2.75, 3.05) is 0 Å². The second kappa shape index (κ2) is 8.86. The molecule has 1 aromatic heterocycles. The van der Waals surface area contributed by atoms with Gasteiger partial charge in [-0.3, -0.25) is 9.59 Å². The highest BCUT2D eigenvalue weighted by Crippen LogP contribution is 2.61. The Labute approximate surface area is 213 Å². The standard InChI is InChI=1S/C29H30F3NO2S/c30-29(31,32)20-7-8-21(16-34)28(15-20)13-19(14-28)18-10-24-27(25(35)11-18)22(26-6-3-9-36-26)12-23(33-24)17-4-1-2-5-17/h3,6-9,12,16-19,22,33H,1-2,4-5,10-11,13-15H2. The van der Waals surface area contributed by atoms with Crippen molar-refractivity contribution in [1.82, 2.24) is 5.32 Å². The Morgan fingerprint density at radius 2 is 1.86 bits per heavy atom. The number of alkyl halides is 3. The molecule has 2 fully saturated rings. The molecule has 36 heavy (non-hydrogen) atoms. The summed E-state index contributed by atoms with van der Waals surface area (Å²) >= 11 is 1.68. The van der Waals surface area contributed by atoms with Crippen LogP contribution in [0, 0.1) is 23.2 Å². The van der Waals surface area contributed by atoms with Gasteiger partial charge in [-0.25, -0.2) is 0 Å². The van der Waals surface area contributed by atoms with Crippen LogP contribution in [0.2, 0.25) is 0 Å². The Hall–Kier alpha value is -2.41. The molecule has 1 N–H and O–H groups in total. The van der Waals surface area contributed by atoms with Crippen LogP contribution in [0.25, 0.3) is 0 Å². The fourth-order valence-corrected chi connectivity index (χ4v) is 8.13. The highest BCUT2D eigenvalue weighted by molar-refractivity contribution is 7.10. The van der Waals surface area contributed by atoms with Gasteiger partial charge in [-0.15, -0.1) is 11.3 Å². The Kier molecular flexibility index (Phi) is 5.90. The van der Waals surface area contributed by atoms with E-state index in [1.54, 1.807) is 11.3 Å². The highest BCUT2D eigenvalue weighted by atomic mass is 32.1. The Balaban J connectivity index is 1.23. The number of hydrogen-bond donors (Lipinski definition) is 1. The van der Waals surface area contributed by atoms with E-state index >= 15 is 0 Å². The molecule has 3 nitrogen and oxygen atoms in total. The van der Waals surface area contributed by atoms with Gasteiger partial charge in [-0.05, 0) is 73.3 Å². The van der Waals surface area contributed by atoms with Crippen molar-refractivity contribution in [3.05, 3.63) is 68.7 Å². The number of rotatable bonds is 4. The molecular formula is C29H30F3NO2S. The van der Waals surface area contributed by atoms with E-state index in [4.69, 9.17) is 0 Å². The van der Waals surface area contributed by atoms with Gasteiger partial charge in [0.1, 0.15) is 6.29 Å². The number of Topliss-reactive ketones (excluding diaryl/α,β-unsaturated/α-hetero) is 1. The van der Waals surface area contributed by atoms with Crippen molar-refractivity contribution >= 4 is 23.4 Å². The molecule has 190 valence electrons. The first kappa shape index (κ1) is 24.0. The van der Waals surface area contributed by atoms with Crippen LogP contribution >= 0.6 is 11.3 Å². The summed E-state index contributed by atoms with van der Waals surface area (Å²) in [5, 5.41) is 5.72. The molecule has 1 aromatic rings. The van der Waals surface area contributed by atoms with E-state index in [-0.39, 0.29) is 30.0 Å². The predicted octanol–water partition coefficient (Wildman–Crippen LogP) is 7.16. The lowest BCUT2D eigenvalue weighted by Gasteiger charge is -2.53. The summed E-state index contributed by atoms with van der Waals surface area (Å²) < 4.78 is 40.3. The van der Waals surface area contributed by atoms with Gasteiger partial charge in [-0.2, -0.15) is 13.2 Å². The molecule has 1 aliphatic heterocycles. The number of ketones is 1. The van der Waals surface area contributed by atoms with Crippen molar-refractivity contribution in [2.45, 2.75) is 69.9 Å². The molecular weight excluding hydrogens is 483 g/mol. The molecule has 0 bridgehead atoms. The highest BCUT2D eigenvalue weighted by Gasteiger charge is 2.54. The number of aldehydes is 1. The lowest BCUT2D eigenvalue weighted by molar-refractivity contribution is -0.120. The minimum absolute atomic E-state index is 0.0135. The first-order valence-corrected chi connectivity index (χ1v) is 13.9. The van der Waals surface area contributed by atoms with Crippen molar-refractivity contribution < 1.29 is 22.8 Å². The number of thiophene rings is 1. The summed E-state index contributed by atoms with van der Waals surface area (Å²) in [5.41, 5.74) is 2.30. The number of halogens is 3. The molecule has 0 radical (unpaired) electrons. The molecule has 0 saturated heterocycles. The van der Waals surface area contributed by atoms with Crippen molar-refractivity contribution in [1.29, 1.82) is 0 Å². The minimum Gasteiger partial charge on any atom is -0.362 e. The van der Waals surface area contributed by atoms with Crippen LogP contribution in [0.3, 0.4) is 0 Å². The zero-order chi connectivity index (χ0) is 25.1. The number of dihydropyridines is 1. The van der Waals surface area contributed by atoms with Crippen LogP contribution in [0.4, 0.5) is 13.2 Å². The molecule has 0 aromatic carbocycles. The Bertz CT molecular complexity index is 1190. The summed E-state index contributed by atoms with van der Waals surface area (Å²) in [5.74, 6) is 0.871. The zero-order valence-electron chi connectivity index (χ0n) is 20.1. The topological polar surface area (TPSA) is 46.2 Å². The van der Waals surface area contributed by atoms with E-state index < -0.39 is 17.2 Å². The summed E-state index contributed by atoms with van der Waals surface area (Å²) in [6.07, 6.45) is 7.90. The molecule has 5 aliphatic rings. The summed E-state index contributed by atoms with van der Waals surface area (Å²) in [6, 6.07) is 4.13. The zero-order valence-corrected chi connectivity index (χ0v) is 20.9. The maximum absolute atomic E-state index is 13.5. The second-order valence-corrected chi connectivity index (χ2v) is 12.2. The number of allylic oxidation sites excluding steroid dienone is 8. The van der Waals surface area contributed by atoms with Gasteiger partial charge in [0.2, 0.25) is 0 Å². The smallest absolute Gasteiger partial charge is 0.362 e. The third-order valence-electron chi connectivity index (χ3n) is 9.21. The van der Waals surface area contributed by atoms with Crippen LogP contribution in [-0.2, 0) is 9.59 Å². The average Bonchev–Trinajstić information content (AvgIpc) is 3.55. The molecule has 2 saturated carbocycles. The van der Waals surface area contributed by atoms with Gasteiger partial charge in [0, 0.05) is 45.2 Å². The fourth-order valence-electron chi connectivity index (χ4n) is 7.33. The van der Waals surface area contributed by atoms with Crippen LogP contribution in [0.15, 0.2) is 63.9 Å². The van der Waals surface area contributed by atoms with Crippen molar-refractivity contribution in [3.63, 3.8) is 0 Å². The van der Waals surface area contributed by atoms with E-state index in [1.807, 2.05) is 6.07 Å². The second-order valence-electron chi connectivity index (χ2n) is 11.3. The third kappa shape index (κ3) is 4.04. The lowest BCUT2D eigenvalue weighted by atomic mass is 9.51. The molecule has 0 amide bonds. The van der Waals surface area contributed by atoms with Gasteiger partial charge in [0.25, 0.3) is 0 Å². The SMILES string of the molecule is O=CC1=CC=C(C(F)(F)F)CC12CC(C1CC(=O)C3=C(C1)NC(C1CCCC1)=CC3c1cccs1)C2. The maximum Gasteiger partial charge on any atom is 0.412 e. The number of nitrogens with one attached hydrogen (secondary N) is 1. The number of carbonyl (C=O) groups is 2. The first-order valence-electron chi connectivity index (χ1n) is 13.0. The van der Waals surface area contributed by atoms with Gasteiger partial charge in [-0.1, -0.05) is 37.1 Å². The van der Waals surface area contributed by atoms with Crippen LogP contribution in [0.5, 0.6) is 0 Å². The largest absolute Gasteiger partial charge is 0.412 e. The number of hydrogen-bond acceptors (Lipinski definition) is 4. The van der Waals surface area contributed by atoms with Crippen LogP contribution < -0.4 is 5.32 Å². The Morgan fingerprint density at radius 1 is 1.08 bits per heavy atom. The van der Waals surface area contributed by atoms with Crippen molar-refractivity contribution in [3.8, 4) is 0 Å². The van der Waals surface area contributed by atoms with Gasteiger partial charge < -0.3 is 5.32 Å². The fraction of sp³-hybridized carbons (Fsp3) is 0.517. The molecule has 7 heteroatoms. The molecule has 2 unspecified atom stereocenters. The van der Waals surface area contributed by atoms with Crippen LogP contribution in [-0.4, -0.2) is 18.2 Å². The average molecular weight is 514 g/mol. The molecule has 6 rings (SSSR count). The minimum atomic E-state index is -4.38. The van der Waals surface area contributed by atoms with Crippen LogP contribution in [0.1, 0.15) is 68.6 Å². The molecule has 2 atom stereocenters. The van der Waals surface area contributed by atoms with Gasteiger partial charge in [0.15, 0.2) is 5.78 Å². The molecule has 2 heterocycles. The number of carbonyl (C=O) groups excluding carboxylic acids is 2. The first-order chi connectivity index (χ1) is 17.3. The van der Waals surface area contributed by atoms with Crippen molar-refractivity contribution in [2.24, 2.45) is 23.2 Å². The van der Waals surface area contributed by atoms with Gasteiger partial charge >= 0.3 is 6.18 Å². The Morgan fingerprint density at radius 3 is 2.53 bits per heavy atom. The van der Waals surface area contributed by atoms with E-state index in [2.05, 4.69) is 22.8 Å². The summed E-state index contributed by atoms with van der Waals surface area (Å²) in [7, 11) is 0. The summed E-state index contributed by atoms with van der Waals surface area (Å²) in [6.45, 7) is 0. The van der Waals surface area contributed by atoms with Gasteiger partial charge in [0.05, 0.1) is 0 Å². The maximum atomic E-state index is 13.5. The van der Waals surface area contributed by atoms with E-state index in [0.29, 0.717) is 30.8 Å². The summed E-state index contributed by atoms with van der Waals surface area (Å²) in [4.78, 5) is 26.4. The lowest BCUT2D eigenvalue weighted by Crippen LogP contribution is -2.47. The third-order valence-corrected chi connectivity index (χ3v) is 10.2. The van der Waals surface area contributed by atoms with E-state index in [1.165, 1.54) is 29.5 Å². The molecule has 4 aliphatic carbocycles. The molecule has 1 spiro atoms. The predicted molar refractivity (Wildman–Crippen MR) is 133 cm³/mol. The normalized spacial score (nSPS) is 32.9. The van der Waals surface area contributed by atoms with E-state index in [9.17, 15) is 22.8 Å². The quantitative estimate of drug-likeness (QED) is 0.435.